The molecule has 1 aromatic heterocycles. The standard InChI is InChI=1S/C18H26N4O2/c1-10(2)22-8-14(19-9-22)17(23)21-6-12-13(7-21)15(12)16-11(3)18(4,5)24-20-16/h8-13,15H,6-7H2,1-5H3/t11-,12-,13+,15?/m1/s1. The molecule has 130 valence electrons. The van der Waals surface area contributed by atoms with Crippen LogP contribution < -0.4 is 0 Å². The van der Waals surface area contributed by atoms with Crippen LogP contribution in [0.25, 0.3) is 0 Å². The van der Waals surface area contributed by atoms with Crippen LogP contribution >= 0.6 is 0 Å². The summed E-state index contributed by atoms with van der Waals surface area (Å²) in [5.74, 6) is 1.98. The number of carbonyl (C=O) groups excluding carboxylic acids is 1. The van der Waals surface area contributed by atoms with E-state index < -0.39 is 0 Å². The third-order valence-electron chi connectivity index (χ3n) is 6.11. The van der Waals surface area contributed by atoms with E-state index in [0.29, 0.717) is 35.4 Å². The van der Waals surface area contributed by atoms with Gasteiger partial charge in [0.2, 0.25) is 0 Å². The molecule has 1 saturated heterocycles. The quantitative estimate of drug-likeness (QED) is 0.856. The monoisotopic (exact) mass is 330 g/mol. The average molecular weight is 330 g/mol. The Hall–Kier alpha value is -1.85. The summed E-state index contributed by atoms with van der Waals surface area (Å²) in [6.07, 6.45) is 3.60. The summed E-state index contributed by atoms with van der Waals surface area (Å²) in [6, 6.07) is 0.320. The van der Waals surface area contributed by atoms with Gasteiger partial charge in [0.25, 0.3) is 5.91 Å². The zero-order valence-electron chi connectivity index (χ0n) is 15.1. The molecule has 1 amide bonds. The van der Waals surface area contributed by atoms with Crippen molar-refractivity contribution < 1.29 is 9.63 Å². The third kappa shape index (κ3) is 2.26. The Kier molecular flexibility index (Phi) is 3.31. The summed E-state index contributed by atoms with van der Waals surface area (Å²) in [7, 11) is 0. The predicted molar refractivity (Wildman–Crippen MR) is 90.7 cm³/mol. The van der Waals surface area contributed by atoms with E-state index in [4.69, 9.17) is 4.84 Å². The number of piperidine rings is 1. The highest BCUT2D eigenvalue weighted by molar-refractivity contribution is 5.95. The van der Waals surface area contributed by atoms with Gasteiger partial charge in [-0.25, -0.2) is 4.98 Å². The molecule has 2 aliphatic heterocycles. The van der Waals surface area contributed by atoms with Crippen molar-refractivity contribution in [2.75, 3.05) is 13.1 Å². The van der Waals surface area contributed by atoms with E-state index in [9.17, 15) is 4.79 Å². The van der Waals surface area contributed by atoms with Gasteiger partial charge in [-0.2, -0.15) is 0 Å². The SMILES string of the molecule is CC(C)n1cnc(C(=O)N2C[C@@H]3C(C4=NOC(C)(C)[C@@H]4C)[C@@H]3C2)c1. The summed E-state index contributed by atoms with van der Waals surface area (Å²) < 4.78 is 1.97. The maximum Gasteiger partial charge on any atom is 0.274 e. The highest BCUT2D eigenvalue weighted by atomic mass is 16.7. The van der Waals surface area contributed by atoms with Crippen molar-refractivity contribution in [3.8, 4) is 0 Å². The molecule has 6 nitrogen and oxygen atoms in total. The van der Waals surface area contributed by atoms with Crippen LogP contribution in [0.4, 0.5) is 0 Å². The second kappa shape index (κ2) is 5.07. The summed E-state index contributed by atoms with van der Waals surface area (Å²) in [5.41, 5.74) is 1.55. The first-order valence-electron chi connectivity index (χ1n) is 8.88. The smallest absolute Gasteiger partial charge is 0.274 e. The number of hydrogen-bond donors (Lipinski definition) is 0. The van der Waals surface area contributed by atoms with Gasteiger partial charge >= 0.3 is 0 Å². The molecule has 1 aliphatic carbocycles. The van der Waals surface area contributed by atoms with E-state index >= 15 is 0 Å². The van der Waals surface area contributed by atoms with Crippen molar-refractivity contribution in [3.05, 3.63) is 18.2 Å². The molecule has 2 fully saturated rings. The fourth-order valence-electron chi connectivity index (χ4n) is 4.06. The summed E-state index contributed by atoms with van der Waals surface area (Å²) >= 11 is 0. The number of likely N-dealkylation sites (tertiary alicyclic amines) is 1. The molecule has 24 heavy (non-hydrogen) atoms. The van der Waals surface area contributed by atoms with E-state index in [2.05, 4.69) is 44.8 Å². The predicted octanol–water partition coefficient (Wildman–Crippen LogP) is 2.58. The number of nitrogens with zero attached hydrogens (tertiary/aromatic N) is 4. The number of amides is 1. The van der Waals surface area contributed by atoms with Gasteiger partial charge < -0.3 is 14.3 Å². The van der Waals surface area contributed by atoms with Crippen LogP contribution in [0.2, 0.25) is 0 Å². The van der Waals surface area contributed by atoms with Crippen LogP contribution in [-0.2, 0) is 4.84 Å². The molecule has 4 rings (SSSR count). The molecule has 3 aliphatic rings. The summed E-state index contributed by atoms with van der Waals surface area (Å²) in [5, 5.41) is 4.36. The highest BCUT2D eigenvalue weighted by Gasteiger charge is 2.61. The molecule has 0 N–H and O–H groups in total. The number of imidazole rings is 1. The lowest BCUT2D eigenvalue weighted by atomic mass is 9.86. The molecule has 0 spiro atoms. The lowest BCUT2D eigenvalue weighted by Crippen LogP contribution is -2.35. The number of hydrogen-bond acceptors (Lipinski definition) is 4. The van der Waals surface area contributed by atoms with Gasteiger partial charge in [0.1, 0.15) is 11.3 Å². The van der Waals surface area contributed by atoms with Crippen molar-refractivity contribution in [1.82, 2.24) is 14.5 Å². The van der Waals surface area contributed by atoms with Crippen LogP contribution in [0.3, 0.4) is 0 Å². The number of aromatic nitrogens is 2. The van der Waals surface area contributed by atoms with Gasteiger partial charge in [-0.05, 0) is 39.5 Å². The van der Waals surface area contributed by atoms with Crippen molar-refractivity contribution in [1.29, 1.82) is 0 Å². The molecule has 6 heteroatoms. The van der Waals surface area contributed by atoms with Gasteiger partial charge in [0, 0.05) is 37.2 Å². The zero-order valence-corrected chi connectivity index (χ0v) is 15.1. The molecular formula is C18H26N4O2. The maximum atomic E-state index is 12.6. The minimum Gasteiger partial charge on any atom is -0.389 e. The van der Waals surface area contributed by atoms with E-state index in [1.54, 1.807) is 6.33 Å². The Bertz CT molecular complexity index is 694. The second-order valence-electron chi connectivity index (χ2n) is 8.30. The fraction of sp³-hybridized carbons (Fsp3) is 0.722. The number of rotatable bonds is 3. The molecule has 0 bridgehead atoms. The van der Waals surface area contributed by atoms with E-state index in [1.807, 2.05) is 15.7 Å². The van der Waals surface area contributed by atoms with E-state index in [0.717, 1.165) is 13.1 Å². The van der Waals surface area contributed by atoms with Crippen molar-refractivity contribution in [3.63, 3.8) is 0 Å². The van der Waals surface area contributed by atoms with Gasteiger partial charge in [-0.1, -0.05) is 12.1 Å². The first-order chi connectivity index (χ1) is 11.3. The number of oxime groups is 1. The lowest BCUT2D eigenvalue weighted by molar-refractivity contribution is -0.0103. The van der Waals surface area contributed by atoms with Gasteiger partial charge in [-0.15, -0.1) is 0 Å². The first kappa shape index (κ1) is 15.7. The molecule has 3 heterocycles. The molecule has 0 radical (unpaired) electrons. The molecule has 0 aromatic carbocycles. The minimum atomic E-state index is -0.203. The lowest BCUT2D eigenvalue weighted by Gasteiger charge is -2.23. The van der Waals surface area contributed by atoms with Gasteiger partial charge in [0.05, 0.1) is 12.0 Å². The van der Waals surface area contributed by atoms with Crippen LogP contribution in [-0.4, -0.2) is 44.8 Å². The van der Waals surface area contributed by atoms with Gasteiger partial charge in [-0.3, -0.25) is 4.79 Å². The third-order valence-corrected chi connectivity index (χ3v) is 6.11. The van der Waals surface area contributed by atoms with Gasteiger partial charge in [0.15, 0.2) is 0 Å². The molecule has 1 aromatic rings. The minimum absolute atomic E-state index is 0.0540. The number of fused-ring (bicyclic) bond motifs is 1. The molecule has 1 saturated carbocycles. The second-order valence-corrected chi connectivity index (χ2v) is 8.30. The highest BCUT2D eigenvalue weighted by Crippen LogP contribution is 2.55. The fourth-order valence-corrected chi connectivity index (χ4v) is 4.06. The largest absolute Gasteiger partial charge is 0.389 e. The topological polar surface area (TPSA) is 59.7 Å². The molecule has 4 atom stereocenters. The van der Waals surface area contributed by atoms with Crippen molar-refractivity contribution >= 4 is 11.6 Å². The van der Waals surface area contributed by atoms with Crippen LogP contribution in [0.15, 0.2) is 17.7 Å². The van der Waals surface area contributed by atoms with Crippen LogP contribution in [0.1, 0.15) is 51.1 Å². The van der Waals surface area contributed by atoms with Crippen molar-refractivity contribution in [2.24, 2.45) is 28.8 Å². The molecular weight excluding hydrogens is 304 g/mol. The van der Waals surface area contributed by atoms with E-state index in [1.165, 1.54) is 5.71 Å². The summed E-state index contributed by atoms with van der Waals surface area (Å²) in [4.78, 5) is 24.5. The summed E-state index contributed by atoms with van der Waals surface area (Å²) in [6.45, 7) is 12.2. The van der Waals surface area contributed by atoms with E-state index in [-0.39, 0.29) is 11.5 Å². The molecule has 1 unspecified atom stereocenters. The average Bonchev–Trinajstić information content (AvgIpc) is 2.97. The van der Waals surface area contributed by atoms with Crippen LogP contribution in [0, 0.1) is 23.7 Å². The Morgan fingerprint density at radius 1 is 1.33 bits per heavy atom. The maximum absolute atomic E-state index is 12.6. The Morgan fingerprint density at radius 2 is 2.00 bits per heavy atom. The first-order valence-corrected chi connectivity index (χ1v) is 8.88. The number of carbonyl (C=O) groups is 1. The Balaban J connectivity index is 1.39. The van der Waals surface area contributed by atoms with Crippen molar-refractivity contribution in [2.45, 2.75) is 46.3 Å². The Morgan fingerprint density at radius 3 is 2.50 bits per heavy atom. The van der Waals surface area contributed by atoms with Crippen LogP contribution in [0.5, 0.6) is 0 Å². The Labute approximate surface area is 142 Å². The normalized spacial score (nSPS) is 33.4. The zero-order chi connectivity index (χ0) is 17.2.